The molecule has 0 saturated carbocycles. The SMILES string of the molecule is COc1cc(-c2noc(C(O)CCN)n2)cc(Cl)c1OC. The largest absolute Gasteiger partial charge is 0.493 e. The van der Waals surface area contributed by atoms with E-state index in [2.05, 4.69) is 10.1 Å². The van der Waals surface area contributed by atoms with Crippen LogP contribution in [0.1, 0.15) is 18.4 Å². The van der Waals surface area contributed by atoms with Crippen LogP contribution in [0.5, 0.6) is 11.5 Å². The molecule has 1 heterocycles. The summed E-state index contributed by atoms with van der Waals surface area (Å²) < 4.78 is 15.4. The molecule has 2 rings (SSSR count). The van der Waals surface area contributed by atoms with Crippen molar-refractivity contribution in [1.29, 1.82) is 0 Å². The van der Waals surface area contributed by atoms with Crippen molar-refractivity contribution in [1.82, 2.24) is 10.1 Å². The average Bonchev–Trinajstić information content (AvgIpc) is 2.96. The number of nitrogens with zero attached hydrogens (tertiary/aromatic N) is 2. The summed E-state index contributed by atoms with van der Waals surface area (Å²) in [5.41, 5.74) is 5.97. The van der Waals surface area contributed by atoms with E-state index in [1.54, 1.807) is 12.1 Å². The van der Waals surface area contributed by atoms with Gasteiger partial charge in [0.25, 0.3) is 5.89 Å². The highest BCUT2D eigenvalue weighted by atomic mass is 35.5. The zero-order valence-corrected chi connectivity index (χ0v) is 12.4. The lowest BCUT2D eigenvalue weighted by molar-refractivity contribution is 0.127. The molecule has 1 unspecified atom stereocenters. The highest BCUT2D eigenvalue weighted by Gasteiger charge is 2.19. The van der Waals surface area contributed by atoms with Gasteiger partial charge in [-0.15, -0.1) is 0 Å². The van der Waals surface area contributed by atoms with Gasteiger partial charge in [0.2, 0.25) is 5.82 Å². The number of hydrogen-bond donors (Lipinski definition) is 2. The van der Waals surface area contributed by atoms with Gasteiger partial charge in [-0.1, -0.05) is 16.8 Å². The molecule has 7 nitrogen and oxygen atoms in total. The van der Waals surface area contributed by atoms with Gasteiger partial charge < -0.3 is 24.8 Å². The quantitative estimate of drug-likeness (QED) is 0.837. The molecular formula is C13H16ClN3O4. The maximum Gasteiger partial charge on any atom is 0.255 e. The molecule has 1 atom stereocenters. The fraction of sp³-hybridized carbons (Fsp3) is 0.385. The van der Waals surface area contributed by atoms with Crippen LogP contribution in [0.2, 0.25) is 5.02 Å². The van der Waals surface area contributed by atoms with E-state index in [0.717, 1.165) is 0 Å². The first kappa shape index (κ1) is 15.6. The summed E-state index contributed by atoms with van der Waals surface area (Å²) in [4.78, 5) is 4.13. The molecule has 114 valence electrons. The number of methoxy groups -OCH3 is 2. The third-order valence-corrected chi connectivity index (χ3v) is 3.14. The number of halogens is 1. The number of aliphatic hydroxyl groups excluding tert-OH is 1. The maximum atomic E-state index is 9.77. The average molecular weight is 314 g/mol. The van der Waals surface area contributed by atoms with Crippen molar-refractivity contribution in [2.24, 2.45) is 5.73 Å². The van der Waals surface area contributed by atoms with Gasteiger partial charge in [0.15, 0.2) is 11.5 Å². The van der Waals surface area contributed by atoms with E-state index in [9.17, 15) is 5.11 Å². The number of aromatic nitrogens is 2. The topological polar surface area (TPSA) is 104 Å². The normalized spacial score (nSPS) is 12.2. The summed E-state index contributed by atoms with van der Waals surface area (Å²) >= 11 is 6.13. The van der Waals surface area contributed by atoms with Crippen LogP contribution in [0.4, 0.5) is 0 Å². The minimum atomic E-state index is -0.883. The van der Waals surface area contributed by atoms with Gasteiger partial charge in [-0.05, 0) is 25.1 Å². The van der Waals surface area contributed by atoms with Crippen LogP contribution in [0.3, 0.4) is 0 Å². The number of rotatable bonds is 6. The Morgan fingerprint density at radius 3 is 2.76 bits per heavy atom. The minimum absolute atomic E-state index is 0.112. The summed E-state index contributed by atoms with van der Waals surface area (Å²) in [6.45, 7) is 0.321. The Labute approximate surface area is 126 Å². The first-order valence-electron chi connectivity index (χ1n) is 6.24. The Balaban J connectivity index is 2.36. The van der Waals surface area contributed by atoms with Crippen molar-refractivity contribution in [3.63, 3.8) is 0 Å². The number of ether oxygens (including phenoxy) is 2. The zero-order valence-electron chi connectivity index (χ0n) is 11.7. The summed E-state index contributed by atoms with van der Waals surface area (Å²) in [5, 5.41) is 14.0. The first-order chi connectivity index (χ1) is 10.1. The van der Waals surface area contributed by atoms with Gasteiger partial charge in [-0.2, -0.15) is 4.98 Å². The molecule has 0 bridgehead atoms. The monoisotopic (exact) mass is 313 g/mol. The van der Waals surface area contributed by atoms with Crippen LogP contribution in [0.25, 0.3) is 11.4 Å². The predicted octanol–water partition coefficient (Wildman–Crippen LogP) is 1.79. The molecule has 0 radical (unpaired) electrons. The molecule has 21 heavy (non-hydrogen) atoms. The zero-order chi connectivity index (χ0) is 15.4. The fourth-order valence-electron chi connectivity index (χ4n) is 1.82. The highest BCUT2D eigenvalue weighted by Crippen LogP contribution is 2.38. The van der Waals surface area contributed by atoms with Crippen molar-refractivity contribution >= 4 is 11.6 Å². The van der Waals surface area contributed by atoms with Gasteiger partial charge >= 0.3 is 0 Å². The standard InChI is InChI=1S/C13H16ClN3O4/c1-19-10-6-7(5-8(14)11(10)20-2)12-16-13(21-17-12)9(18)3-4-15/h5-6,9,18H,3-4,15H2,1-2H3. The summed E-state index contributed by atoms with van der Waals surface area (Å²) in [5.74, 6) is 1.29. The van der Waals surface area contributed by atoms with Crippen molar-refractivity contribution < 1.29 is 19.1 Å². The van der Waals surface area contributed by atoms with Crippen molar-refractivity contribution in [3.05, 3.63) is 23.0 Å². The molecule has 2 aromatic rings. The smallest absolute Gasteiger partial charge is 0.255 e. The summed E-state index contributed by atoms with van der Waals surface area (Å²) in [7, 11) is 3.00. The van der Waals surface area contributed by atoms with Crippen molar-refractivity contribution in [2.45, 2.75) is 12.5 Å². The minimum Gasteiger partial charge on any atom is -0.493 e. The molecule has 0 aliphatic rings. The second-order valence-electron chi connectivity index (χ2n) is 4.24. The number of hydrogen-bond acceptors (Lipinski definition) is 7. The number of aliphatic hydroxyl groups is 1. The summed E-state index contributed by atoms with van der Waals surface area (Å²) in [6.07, 6.45) is -0.541. The lowest BCUT2D eigenvalue weighted by Crippen LogP contribution is -2.06. The number of benzene rings is 1. The third-order valence-electron chi connectivity index (χ3n) is 2.86. The van der Waals surface area contributed by atoms with E-state index in [1.807, 2.05) is 0 Å². The van der Waals surface area contributed by atoms with Crippen LogP contribution >= 0.6 is 11.6 Å². The van der Waals surface area contributed by atoms with E-state index < -0.39 is 6.10 Å². The van der Waals surface area contributed by atoms with Gasteiger partial charge in [0.1, 0.15) is 6.10 Å². The van der Waals surface area contributed by atoms with Crippen LogP contribution in [-0.2, 0) is 0 Å². The Morgan fingerprint density at radius 1 is 1.38 bits per heavy atom. The molecule has 1 aromatic carbocycles. The lowest BCUT2D eigenvalue weighted by atomic mass is 10.2. The van der Waals surface area contributed by atoms with Gasteiger partial charge in [0, 0.05) is 5.56 Å². The maximum absolute atomic E-state index is 9.77. The van der Waals surface area contributed by atoms with Crippen molar-refractivity contribution in [2.75, 3.05) is 20.8 Å². The predicted molar refractivity (Wildman–Crippen MR) is 76.5 cm³/mol. The van der Waals surface area contributed by atoms with E-state index in [0.29, 0.717) is 40.9 Å². The third kappa shape index (κ3) is 3.26. The summed E-state index contributed by atoms with van der Waals surface area (Å²) in [6, 6.07) is 3.31. The van der Waals surface area contributed by atoms with Crippen LogP contribution < -0.4 is 15.2 Å². The Kier molecular flexibility index (Phi) is 5.00. The van der Waals surface area contributed by atoms with Crippen LogP contribution in [0.15, 0.2) is 16.7 Å². The first-order valence-corrected chi connectivity index (χ1v) is 6.62. The van der Waals surface area contributed by atoms with E-state index in [4.69, 9.17) is 31.3 Å². The molecule has 0 fully saturated rings. The molecule has 8 heteroatoms. The molecule has 0 spiro atoms. The highest BCUT2D eigenvalue weighted by molar-refractivity contribution is 6.32. The fourth-order valence-corrected chi connectivity index (χ4v) is 2.10. The molecule has 0 aliphatic heterocycles. The Morgan fingerprint density at radius 2 is 2.14 bits per heavy atom. The van der Waals surface area contributed by atoms with Crippen LogP contribution in [-0.4, -0.2) is 36.0 Å². The lowest BCUT2D eigenvalue weighted by Gasteiger charge is -2.10. The molecular weight excluding hydrogens is 298 g/mol. The van der Waals surface area contributed by atoms with Gasteiger partial charge in [0.05, 0.1) is 19.2 Å². The Hall–Kier alpha value is -1.83. The van der Waals surface area contributed by atoms with E-state index in [-0.39, 0.29) is 5.89 Å². The van der Waals surface area contributed by atoms with E-state index >= 15 is 0 Å². The van der Waals surface area contributed by atoms with Gasteiger partial charge in [-0.3, -0.25) is 0 Å². The molecule has 1 aromatic heterocycles. The second-order valence-corrected chi connectivity index (χ2v) is 4.65. The molecule has 0 amide bonds. The van der Waals surface area contributed by atoms with Gasteiger partial charge in [-0.25, -0.2) is 0 Å². The number of nitrogens with two attached hydrogens (primary N) is 1. The van der Waals surface area contributed by atoms with E-state index in [1.165, 1.54) is 14.2 Å². The second kappa shape index (κ2) is 6.75. The Bertz CT molecular complexity index is 617. The molecule has 3 N–H and O–H groups in total. The van der Waals surface area contributed by atoms with Crippen molar-refractivity contribution in [3.8, 4) is 22.9 Å². The molecule has 0 saturated heterocycles. The molecule has 0 aliphatic carbocycles. The van der Waals surface area contributed by atoms with Crippen LogP contribution in [0, 0.1) is 0 Å².